The fourth-order valence-electron chi connectivity index (χ4n) is 2.13. The van der Waals surface area contributed by atoms with E-state index in [0.717, 1.165) is 17.1 Å². The van der Waals surface area contributed by atoms with Crippen LogP contribution in [0.1, 0.15) is 5.82 Å². The molecule has 0 aliphatic carbocycles. The van der Waals surface area contributed by atoms with E-state index in [-0.39, 0.29) is 4.90 Å². The molecule has 0 radical (unpaired) electrons. The number of benzene rings is 2. The number of H-pyrrole nitrogens is 1. The van der Waals surface area contributed by atoms with Gasteiger partial charge in [-0.1, -0.05) is 30.3 Å². The third-order valence-electron chi connectivity index (χ3n) is 3.18. The molecule has 5 nitrogen and oxygen atoms in total. The Morgan fingerprint density at radius 3 is 2.50 bits per heavy atom. The minimum Gasteiger partial charge on any atom is -0.342 e. The zero-order valence-electron chi connectivity index (χ0n) is 11.9. The Bertz CT molecular complexity index is 887. The van der Waals surface area contributed by atoms with Crippen molar-refractivity contribution in [1.29, 1.82) is 0 Å². The maximum absolute atomic E-state index is 12.3. The molecule has 0 fully saturated rings. The van der Waals surface area contributed by atoms with Crippen LogP contribution >= 0.6 is 0 Å². The smallest absolute Gasteiger partial charge is 0.261 e. The van der Waals surface area contributed by atoms with E-state index in [2.05, 4.69) is 14.7 Å². The zero-order chi connectivity index (χ0) is 15.6. The first-order valence-corrected chi connectivity index (χ1v) is 8.23. The number of aromatic amines is 1. The van der Waals surface area contributed by atoms with Crippen molar-refractivity contribution >= 4 is 15.7 Å². The number of nitrogens with zero attached hydrogens (tertiary/aromatic N) is 1. The second-order valence-corrected chi connectivity index (χ2v) is 6.56. The predicted octanol–water partition coefficient (Wildman–Crippen LogP) is 3.19. The van der Waals surface area contributed by atoms with E-state index in [1.807, 2.05) is 13.0 Å². The van der Waals surface area contributed by atoms with Crippen LogP contribution < -0.4 is 4.72 Å². The van der Waals surface area contributed by atoms with Crippen LogP contribution in [-0.4, -0.2) is 18.4 Å². The molecule has 0 bridgehead atoms. The molecule has 1 heterocycles. The fraction of sp³-hybridized carbons (Fsp3) is 0.0625. The molecule has 2 N–H and O–H groups in total. The fourth-order valence-corrected chi connectivity index (χ4v) is 3.20. The van der Waals surface area contributed by atoms with Crippen molar-refractivity contribution in [1.82, 2.24) is 9.97 Å². The van der Waals surface area contributed by atoms with E-state index >= 15 is 0 Å². The second-order valence-electron chi connectivity index (χ2n) is 4.88. The summed E-state index contributed by atoms with van der Waals surface area (Å²) in [4.78, 5) is 7.51. The number of hydrogen-bond acceptors (Lipinski definition) is 3. The summed E-state index contributed by atoms with van der Waals surface area (Å²) in [5.74, 6) is 0.810. The summed E-state index contributed by atoms with van der Waals surface area (Å²) in [5, 5.41) is 0. The van der Waals surface area contributed by atoms with Gasteiger partial charge in [0.1, 0.15) is 5.82 Å². The highest BCUT2D eigenvalue weighted by atomic mass is 32.2. The summed E-state index contributed by atoms with van der Waals surface area (Å²) in [6, 6.07) is 15.5. The summed E-state index contributed by atoms with van der Waals surface area (Å²) in [6.45, 7) is 1.87. The van der Waals surface area contributed by atoms with Gasteiger partial charge in [-0.2, -0.15) is 0 Å². The lowest BCUT2D eigenvalue weighted by molar-refractivity contribution is 0.601. The van der Waals surface area contributed by atoms with Crippen LogP contribution in [0, 0.1) is 6.92 Å². The van der Waals surface area contributed by atoms with Crippen molar-refractivity contribution in [3.8, 4) is 11.3 Å². The Kier molecular flexibility index (Phi) is 3.68. The third kappa shape index (κ3) is 3.01. The van der Waals surface area contributed by atoms with Crippen LogP contribution in [0.5, 0.6) is 0 Å². The van der Waals surface area contributed by atoms with Gasteiger partial charge in [-0.3, -0.25) is 4.72 Å². The lowest BCUT2D eigenvalue weighted by Gasteiger charge is -2.09. The Hall–Kier alpha value is -2.60. The quantitative estimate of drug-likeness (QED) is 0.777. The average molecular weight is 313 g/mol. The molecule has 22 heavy (non-hydrogen) atoms. The summed E-state index contributed by atoms with van der Waals surface area (Å²) in [5.41, 5.74) is 2.22. The SMILES string of the molecule is Cc1ncc(-c2cccc(NS(=O)(=O)c3ccccc3)c2)[nH]1. The molecule has 0 spiro atoms. The van der Waals surface area contributed by atoms with Crippen LogP contribution in [0.3, 0.4) is 0 Å². The molecule has 112 valence electrons. The Balaban J connectivity index is 1.90. The second kappa shape index (κ2) is 5.65. The summed E-state index contributed by atoms with van der Waals surface area (Å²) >= 11 is 0. The van der Waals surface area contributed by atoms with Gasteiger partial charge in [-0.05, 0) is 31.2 Å². The molecule has 0 aliphatic heterocycles. The predicted molar refractivity (Wildman–Crippen MR) is 86.0 cm³/mol. The van der Waals surface area contributed by atoms with Crippen LogP contribution in [0.2, 0.25) is 0 Å². The van der Waals surface area contributed by atoms with Crippen molar-refractivity contribution in [2.75, 3.05) is 4.72 Å². The number of imidazole rings is 1. The van der Waals surface area contributed by atoms with E-state index < -0.39 is 10.0 Å². The highest BCUT2D eigenvalue weighted by Crippen LogP contribution is 2.23. The minimum atomic E-state index is -3.58. The standard InChI is InChI=1S/C16H15N3O2S/c1-12-17-11-16(18-12)13-6-5-7-14(10-13)19-22(20,21)15-8-3-2-4-9-15/h2-11,19H,1H3,(H,17,18). The number of sulfonamides is 1. The molecule has 0 saturated carbocycles. The maximum Gasteiger partial charge on any atom is 0.261 e. The molecule has 0 amide bonds. The van der Waals surface area contributed by atoms with E-state index in [1.165, 1.54) is 0 Å². The van der Waals surface area contributed by atoms with E-state index in [9.17, 15) is 8.42 Å². The number of nitrogens with one attached hydrogen (secondary N) is 2. The molecular formula is C16H15N3O2S. The maximum atomic E-state index is 12.3. The number of rotatable bonds is 4. The minimum absolute atomic E-state index is 0.234. The van der Waals surface area contributed by atoms with Crippen LogP contribution in [0.25, 0.3) is 11.3 Å². The Labute approximate surface area is 129 Å². The first-order valence-electron chi connectivity index (χ1n) is 6.74. The molecule has 3 rings (SSSR count). The van der Waals surface area contributed by atoms with Crippen molar-refractivity contribution in [2.45, 2.75) is 11.8 Å². The van der Waals surface area contributed by atoms with E-state index in [4.69, 9.17) is 0 Å². The molecule has 2 aromatic carbocycles. The first kappa shape index (κ1) is 14.3. The van der Waals surface area contributed by atoms with E-state index in [1.54, 1.807) is 54.7 Å². The van der Waals surface area contributed by atoms with Crippen molar-refractivity contribution in [2.24, 2.45) is 0 Å². The zero-order valence-corrected chi connectivity index (χ0v) is 12.8. The van der Waals surface area contributed by atoms with Gasteiger partial charge in [0.05, 0.1) is 16.8 Å². The van der Waals surface area contributed by atoms with Crippen molar-refractivity contribution < 1.29 is 8.42 Å². The molecular weight excluding hydrogens is 298 g/mol. The Morgan fingerprint density at radius 1 is 1.05 bits per heavy atom. The van der Waals surface area contributed by atoms with Crippen LogP contribution in [-0.2, 0) is 10.0 Å². The summed E-state index contributed by atoms with van der Waals surface area (Å²) in [7, 11) is -3.58. The van der Waals surface area contributed by atoms with Gasteiger partial charge in [0.25, 0.3) is 10.0 Å². The number of aromatic nitrogens is 2. The van der Waals surface area contributed by atoms with Gasteiger partial charge in [-0.15, -0.1) is 0 Å². The van der Waals surface area contributed by atoms with E-state index in [0.29, 0.717) is 5.69 Å². The van der Waals surface area contributed by atoms with Crippen LogP contribution in [0.15, 0.2) is 65.7 Å². The molecule has 0 atom stereocenters. The van der Waals surface area contributed by atoms with Gasteiger partial charge >= 0.3 is 0 Å². The molecule has 0 saturated heterocycles. The largest absolute Gasteiger partial charge is 0.342 e. The molecule has 0 aliphatic rings. The van der Waals surface area contributed by atoms with Gasteiger partial charge in [0.15, 0.2) is 0 Å². The lowest BCUT2D eigenvalue weighted by atomic mass is 10.1. The average Bonchev–Trinajstić information content (AvgIpc) is 2.95. The van der Waals surface area contributed by atoms with Gasteiger partial charge < -0.3 is 4.98 Å². The molecule has 1 aromatic heterocycles. The highest BCUT2D eigenvalue weighted by molar-refractivity contribution is 7.92. The topological polar surface area (TPSA) is 74.8 Å². The van der Waals surface area contributed by atoms with Gasteiger partial charge in [-0.25, -0.2) is 13.4 Å². The highest BCUT2D eigenvalue weighted by Gasteiger charge is 2.13. The number of anilines is 1. The first-order chi connectivity index (χ1) is 10.5. The number of aryl methyl sites for hydroxylation is 1. The monoisotopic (exact) mass is 313 g/mol. The molecule has 0 unspecified atom stereocenters. The summed E-state index contributed by atoms with van der Waals surface area (Å²) in [6.07, 6.45) is 1.72. The summed E-state index contributed by atoms with van der Waals surface area (Å²) < 4.78 is 27.2. The van der Waals surface area contributed by atoms with Gasteiger partial charge in [0.2, 0.25) is 0 Å². The van der Waals surface area contributed by atoms with Gasteiger partial charge in [0, 0.05) is 11.3 Å². The number of hydrogen-bond donors (Lipinski definition) is 2. The van der Waals surface area contributed by atoms with Crippen molar-refractivity contribution in [3.63, 3.8) is 0 Å². The normalized spacial score (nSPS) is 11.3. The third-order valence-corrected chi connectivity index (χ3v) is 4.58. The Morgan fingerprint density at radius 2 is 1.82 bits per heavy atom. The van der Waals surface area contributed by atoms with Crippen molar-refractivity contribution in [3.05, 3.63) is 66.6 Å². The lowest BCUT2D eigenvalue weighted by Crippen LogP contribution is -2.12. The molecule has 3 aromatic rings. The molecule has 6 heteroatoms. The van der Waals surface area contributed by atoms with Crippen LogP contribution in [0.4, 0.5) is 5.69 Å².